The van der Waals surface area contributed by atoms with Gasteiger partial charge in [-0.15, -0.1) is 11.3 Å². The molecule has 0 saturated heterocycles. The number of anilines is 1. The fourth-order valence-corrected chi connectivity index (χ4v) is 3.78. The van der Waals surface area contributed by atoms with Gasteiger partial charge in [0.05, 0.1) is 5.69 Å². The Hall–Kier alpha value is -1.10. The molecule has 21 heavy (non-hydrogen) atoms. The second-order valence-corrected chi connectivity index (χ2v) is 8.29. The van der Waals surface area contributed by atoms with E-state index < -0.39 is 11.4 Å². The number of rotatable bonds is 4. The van der Waals surface area contributed by atoms with Crippen LogP contribution in [-0.4, -0.2) is 29.1 Å². The van der Waals surface area contributed by atoms with Gasteiger partial charge in [-0.3, -0.25) is 4.79 Å². The summed E-state index contributed by atoms with van der Waals surface area (Å²) in [7, 11) is 2.08. The summed E-state index contributed by atoms with van der Waals surface area (Å²) in [6, 6.07) is 0.518. The van der Waals surface area contributed by atoms with E-state index in [-0.39, 0.29) is 0 Å². The molecule has 0 aliphatic heterocycles. The summed E-state index contributed by atoms with van der Waals surface area (Å²) in [4.78, 5) is 18.1. The molecule has 1 heterocycles. The zero-order chi connectivity index (χ0) is 15.8. The van der Waals surface area contributed by atoms with E-state index in [2.05, 4.69) is 30.8 Å². The van der Waals surface area contributed by atoms with Crippen LogP contribution in [0, 0.1) is 5.41 Å². The summed E-state index contributed by atoms with van der Waals surface area (Å²) in [6.45, 7) is 8.08. The topological polar surface area (TPSA) is 53.4 Å². The Morgan fingerprint density at radius 3 is 2.52 bits per heavy atom. The maximum absolute atomic E-state index is 11.3. The lowest BCUT2D eigenvalue weighted by molar-refractivity contribution is -0.142. The molecule has 118 valence electrons. The molecule has 0 aromatic carbocycles. The Morgan fingerprint density at radius 2 is 2.00 bits per heavy atom. The van der Waals surface area contributed by atoms with Crippen LogP contribution in [-0.2, 0) is 10.2 Å². The van der Waals surface area contributed by atoms with E-state index in [0.717, 1.165) is 5.13 Å². The van der Waals surface area contributed by atoms with Crippen molar-refractivity contribution in [2.45, 2.75) is 64.8 Å². The fourth-order valence-electron chi connectivity index (χ4n) is 2.75. The molecule has 0 bridgehead atoms. The van der Waals surface area contributed by atoms with Crippen molar-refractivity contribution in [3.8, 4) is 0 Å². The molecule has 4 nitrogen and oxygen atoms in total. The van der Waals surface area contributed by atoms with Gasteiger partial charge >= 0.3 is 5.97 Å². The van der Waals surface area contributed by atoms with Gasteiger partial charge in [-0.1, -0.05) is 13.8 Å². The highest BCUT2D eigenvalue weighted by molar-refractivity contribution is 7.13. The minimum Gasteiger partial charge on any atom is -0.481 e. The van der Waals surface area contributed by atoms with E-state index >= 15 is 0 Å². The monoisotopic (exact) mass is 310 g/mol. The average Bonchev–Trinajstić information content (AvgIpc) is 2.88. The molecular formula is C16H26N2O2S. The molecule has 0 spiro atoms. The second kappa shape index (κ2) is 5.59. The van der Waals surface area contributed by atoms with Gasteiger partial charge in [0, 0.05) is 18.5 Å². The molecule has 1 saturated carbocycles. The summed E-state index contributed by atoms with van der Waals surface area (Å²) in [6.07, 6.45) is 4.84. The van der Waals surface area contributed by atoms with Crippen molar-refractivity contribution in [2.24, 2.45) is 5.41 Å². The number of thiazole rings is 1. The molecule has 5 heteroatoms. The van der Waals surface area contributed by atoms with Gasteiger partial charge in [0.15, 0.2) is 5.13 Å². The molecule has 0 amide bonds. The Balaban J connectivity index is 2.10. The molecule has 0 unspecified atom stereocenters. The highest BCUT2D eigenvalue weighted by Crippen LogP contribution is 2.38. The third-order valence-corrected chi connectivity index (χ3v) is 5.76. The molecule has 0 atom stereocenters. The minimum atomic E-state index is -0.926. The Bertz CT molecular complexity index is 512. The van der Waals surface area contributed by atoms with Crippen LogP contribution in [0.2, 0.25) is 0 Å². The maximum atomic E-state index is 11.3. The summed E-state index contributed by atoms with van der Waals surface area (Å²) < 4.78 is 0. The van der Waals surface area contributed by atoms with Gasteiger partial charge in [0.2, 0.25) is 0 Å². The highest BCUT2D eigenvalue weighted by atomic mass is 32.1. The number of aliphatic carboxylic acids is 1. The number of carboxylic acid groups (broad SMARTS) is 1. The van der Waals surface area contributed by atoms with Gasteiger partial charge < -0.3 is 10.0 Å². The molecule has 1 N–H and O–H groups in total. The van der Waals surface area contributed by atoms with Crippen LogP contribution in [0.4, 0.5) is 5.13 Å². The lowest BCUT2D eigenvalue weighted by Crippen LogP contribution is -2.37. The van der Waals surface area contributed by atoms with Gasteiger partial charge in [-0.05, 0) is 44.9 Å². The van der Waals surface area contributed by atoms with Crippen molar-refractivity contribution < 1.29 is 9.90 Å². The number of carbonyl (C=O) groups is 1. The molecule has 1 aliphatic carbocycles. The van der Waals surface area contributed by atoms with Crippen molar-refractivity contribution in [3.63, 3.8) is 0 Å². The van der Waals surface area contributed by atoms with Gasteiger partial charge in [0.1, 0.15) is 5.41 Å². The SMILES string of the molecule is CN(c1nc(C(C)(C)C(=O)O)cs1)C1CCC(C)(C)CC1. The van der Waals surface area contributed by atoms with E-state index in [1.165, 1.54) is 25.7 Å². The highest BCUT2D eigenvalue weighted by Gasteiger charge is 2.34. The first-order chi connectivity index (χ1) is 9.63. The van der Waals surface area contributed by atoms with Crippen LogP contribution in [0.25, 0.3) is 0 Å². The van der Waals surface area contributed by atoms with Crippen LogP contribution in [0.3, 0.4) is 0 Å². The minimum absolute atomic E-state index is 0.455. The largest absolute Gasteiger partial charge is 0.481 e. The molecule has 1 aromatic heterocycles. The molecular weight excluding hydrogens is 284 g/mol. The first-order valence-electron chi connectivity index (χ1n) is 7.56. The molecule has 1 aromatic rings. The van der Waals surface area contributed by atoms with Crippen LogP contribution < -0.4 is 4.90 Å². The summed E-state index contributed by atoms with van der Waals surface area (Å²) in [5.74, 6) is -0.832. The van der Waals surface area contributed by atoms with Gasteiger partial charge in [0.25, 0.3) is 0 Å². The molecule has 2 rings (SSSR count). The van der Waals surface area contributed by atoms with Gasteiger partial charge in [-0.2, -0.15) is 0 Å². The van der Waals surface area contributed by atoms with Crippen LogP contribution in [0.15, 0.2) is 5.38 Å². The van der Waals surface area contributed by atoms with Crippen LogP contribution in [0.1, 0.15) is 59.1 Å². The standard InChI is InChI=1S/C16H26N2O2S/c1-15(2)8-6-11(7-9-15)18(5)14-17-12(10-21-14)16(3,4)13(19)20/h10-11H,6-9H2,1-5H3,(H,19,20). The molecule has 0 radical (unpaired) electrons. The zero-order valence-electron chi connectivity index (χ0n) is 13.6. The number of nitrogens with zero attached hydrogens (tertiary/aromatic N) is 2. The van der Waals surface area contributed by atoms with Crippen molar-refractivity contribution in [1.29, 1.82) is 0 Å². The Morgan fingerprint density at radius 1 is 1.43 bits per heavy atom. The number of hydrogen-bond acceptors (Lipinski definition) is 4. The smallest absolute Gasteiger partial charge is 0.315 e. The fraction of sp³-hybridized carbons (Fsp3) is 0.750. The van der Waals surface area contributed by atoms with Gasteiger partial charge in [-0.25, -0.2) is 4.98 Å². The summed E-state index contributed by atoms with van der Waals surface area (Å²) in [5, 5.41) is 12.1. The van der Waals surface area contributed by atoms with E-state index in [9.17, 15) is 9.90 Å². The number of carboxylic acids is 1. The number of aromatic nitrogens is 1. The predicted octanol–water partition coefficient (Wildman–Crippen LogP) is 3.91. The van der Waals surface area contributed by atoms with E-state index in [1.807, 2.05) is 5.38 Å². The van der Waals surface area contributed by atoms with E-state index in [4.69, 9.17) is 0 Å². The Kier molecular flexibility index (Phi) is 4.34. The quantitative estimate of drug-likeness (QED) is 0.916. The zero-order valence-corrected chi connectivity index (χ0v) is 14.5. The van der Waals surface area contributed by atoms with Crippen molar-refractivity contribution in [2.75, 3.05) is 11.9 Å². The first-order valence-corrected chi connectivity index (χ1v) is 8.44. The van der Waals surface area contributed by atoms with Crippen LogP contribution >= 0.6 is 11.3 Å². The maximum Gasteiger partial charge on any atom is 0.315 e. The number of hydrogen-bond donors (Lipinski definition) is 1. The van der Waals surface area contributed by atoms with E-state index in [1.54, 1.807) is 25.2 Å². The van der Waals surface area contributed by atoms with Crippen molar-refractivity contribution >= 4 is 22.4 Å². The first kappa shape index (κ1) is 16.3. The average molecular weight is 310 g/mol. The third-order valence-electron chi connectivity index (χ3n) is 4.83. The van der Waals surface area contributed by atoms with Crippen molar-refractivity contribution in [1.82, 2.24) is 4.98 Å². The lowest BCUT2D eigenvalue weighted by Gasteiger charge is -2.38. The third kappa shape index (κ3) is 3.39. The predicted molar refractivity (Wildman–Crippen MR) is 87.2 cm³/mol. The Labute approximate surface area is 131 Å². The lowest BCUT2D eigenvalue weighted by atomic mass is 9.75. The second-order valence-electron chi connectivity index (χ2n) is 7.45. The summed E-state index contributed by atoms with van der Waals surface area (Å²) in [5.41, 5.74) is 0.180. The summed E-state index contributed by atoms with van der Waals surface area (Å²) >= 11 is 1.55. The van der Waals surface area contributed by atoms with Crippen molar-refractivity contribution in [3.05, 3.63) is 11.1 Å². The van der Waals surface area contributed by atoms with E-state index in [0.29, 0.717) is 17.2 Å². The van der Waals surface area contributed by atoms with Crippen LogP contribution in [0.5, 0.6) is 0 Å². The normalized spacial score (nSPS) is 19.5. The molecule has 1 aliphatic rings. The molecule has 1 fully saturated rings.